The molecule has 0 aromatic rings. The van der Waals surface area contributed by atoms with Crippen LogP contribution in [0.1, 0.15) is 81.1 Å². The second-order valence-corrected chi connectivity index (χ2v) is 22.0. The van der Waals surface area contributed by atoms with Crippen molar-refractivity contribution in [2.75, 3.05) is 26.4 Å². The molecular weight excluding hydrogens is 1100 g/mol. The fourth-order valence-corrected chi connectivity index (χ4v) is 10.3. The summed E-state index contributed by atoms with van der Waals surface area (Å²) in [6.07, 6.45) is -36.2. The number of hydrogen-bond donors (Lipinski definition) is 15. The van der Waals surface area contributed by atoms with Crippen molar-refractivity contribution in [3.63, 3.8) is 0 Å². The first-order valence-corrected chi connectivity index (χ1v) is 27.7. The van der Waals surface area contributed by atoms with E-state index in [1.165, 1.54) is 27.7 Å². The highest BCUT2D eigenvalue weighted by atomic mass is 16.8. The number of aliphatic hydroxyl groups excluding tert-OH is 15. The van der Waals surface area contributed by atoms with Gasteiger partial charge in [0.2, 0.25) is 0 Å². The van der Waals surface area contributed by atoms with Crippen LogP contribution < -0.4 is 0 Å². The van der Waals surface area contributed by atoms with E-state index in [0.29, 0.717) is 25.7 Å². The molecule has 0 aromatic heterocycles. The minimum absolute atomic E-state index is 0.0305. The van der Waals surface area contributed by atoms with Gasteiger partial charge in [0, 0.05) is 6.92 Å². The summed E-state index contributed by atoms with van der Waals surface area (Å²) in [4.78, 5) is 11.8. The highest BCUT2D eigenvalue weighted by Gasteiger charge is 2.55. The summed E-state index contributed by atoms with van der Waals surface area (Å²) in [6.45, 7) is 11.1. The van der Waals surface area contributed by atoms with Crippen molar-refractivity contribution in [3.8, 4) is 0 Å². The molecule has 0 aromatic carbocycles. The van der Waals surface area contributed by atoms with Crippen LogP contribution in [0.5, 0.6) is 0 Å². The second-order valence-electron chi connectivity index (χ2n) is 22.0. The molecule has 29 nitrogen and oxygen atoms in total. The van der Waals surface area contributed by atoms with E-state index < -0.39 is 203 Å². The molecule has 0 aliphatic carbocycles. The van der Waals surface area contributed by atoms with E-state index in [0.717, 1.165) is 23.6 Å². The van der Waals surface area contributed by atoms with Crippen molar-refractivity contribution in [1.29, 1.82) is 0 Å². The number of carbonyl (C=O) groups excluding carboxylic acids is 1. The van der Waals surface area contributed by atoms with Gasteiger partial charge in [0.05, 0.1) is 50.8 Å². The minimum atomic E-state index is -1.86. The number of esters is 1. The lowest BCUT2D eigenvalue weighted by molar-refractivity contribution is -0.375. The van der Waals surface area contributed by atoms with Crippen LogP contribution in [-0.4, -0.2) is 293 Å². The first-order valence-electron chi connectivity index (χ1n) is 27.7. The van der Waals surface area contributed by atoms with Crippen molar-refractivity contribution >= 4 is 5.97 Å². The average molecular weight is 1190 g/mol. The molecule has 6 heterocycles. The maximum Gasteiger partial charge on any atom is 0.303 e. The molecule has 6 aliphatic heterocycles. The van der Waals surface area contributed by atoms with Gasteiger partial charge in [-0.2, -0.15) is 0 Å². The lowest BCUT2D eigenvalue weighted by Crippen LogP contribution is -2.66. The third kappa shape index (κ3) is 16.8. The Hall–Kier alpha value is -2.39. The SMILES string of the molecule is CC(=O)OC1C(OC2C(C)OC(OC3C(O)C(CO)OC(OC/C(C)=C/CC/C(C)=C/CC/C(C)=C/COC4OC(CO)C(O)C(OC5OC(C)C(OC6OC(C)C(O)C(O)C6O)C(O)C5O)C4O)C3O)C(O)C2O)OC(C)C(O)C1O. The highest BCUT2D eigenvalue weighted by molar-refractivity contribution is 5.66. The van der Waals surface area contributed by atoms with Crippen LogP contribution in [-0.2, 0) is 66.4 Å². The van der Waals surface area contributed by atoms with Crippen molar-refractivity contribution in [3.05, 3.63) is 34.9 Å². The number of aliphatic hydroxyl groups is 15. The zero-order valence-corrected chi connectivity index (χ0v) is 47.1. The molecule has 0 bridgehead atoms. The molecule has 6 fully saturated rings. The molecule has 6 saturated heterocycles. The summed E-state index contributed by atoms with van der Waals surface area (Å²) in [5, 5.41) is 160. The zero-order valence-electron chi connectivity index (χ0n) is 47.1. The van der Waals surface area contributed by atoms with Crippen LogP contribution in [0.4, 0.5) is 0 Å². The standard InChI is InChI=1S/C53H88O29/c1-20(11-9-13-21(2)15-16-70-48-41(68)45(32(59)28(17-54)77-48)81-51-39(66)36(63)43(25(6)74-51)79-50-38(65)34(61)30(57)23(4)72-50)12-10-14-22(3)19-71-49-42(69)46(33(60)29(18-55)78-49)82-52-40(67)37(64)44(26(7)75-52)80-53-47(76-27(8)56)35(62)31(58)24(5)73-53/h11,14-15,23-26,28-55,57-69H,9-10,12-13,16-19H2,1-8H3/b20-11+,21-15+,22-14+. The van der Waals surface area contributed by atoms with Gasteiger partial charge in [0.15, 0.2) is 43.8 Å². The Morgan fingerprint density at radius 1 is 0.378 bits per heavy atom. The predicted octanol–water partition coefficient (Wildman–Crippen LogP) is -5.00. The number of allylic oxidation sites excluding steroid dienone is 4. The summed E-state index contributed by atoms with van der Waals surface area (Å²) in [5.41, 5.74) is 2.79. The molecule has 29 heteroatoms. The fourth-order valence-electron chi connectivity index (χ4n) is 10.3. The van der Waals surface area contributed by atoms with Crippen molar-refractivity contribution in [2.24, 2.45) is 0 Å². The molecule has 30 atom stereocenters. The summed E-state index contributed by atoms with van der Waals surface area (Å²) < 4.78 is 74.1. The molecule has 6 rings (SSSR count). The Labute approximate surface area is 474 Å². The minimum Gasteiger partial charge on any atom is -0.454 e. The lowest BCUT2D eigenvalue weighted by atomic mass is 9.96. The van der Waals surface area contributed by atoms with E-state index in [-0.39, 0.29) is 13.2 Å². The smallest absolute Gasteiger partial charge is 0.303 e. The highest BCUT2D eigenvalue weighted by Crippen LogP contribution is 2.36. The molecule has 474 valence electrons. The summed E-state index contributed by atoms with van der Waals surface area (Å²) >= 11 is 0. The third-order valence-corrected chi connectivity index (χ3v) is 15.5. The van der Waals surface area contributed by atoms with Crippen LogP contribution >= 0.6 is 0 Å². The summed E-state index contributed by atoms with van der Waals surface area (Å²) in [7, 11) is 0. The molecule has 82 heavy (non-hydrogen) atoms. The fraction of sp³-hybridized carbons (Fsp3) is 0.868. The summed E-state index contributed by atoms with van der Waals surface area (Å²) in [5.74, 6) is -0.810. The Morgan fingerprint density at radius 2 is 0.756 bits per heavy atom. The van der Waals surface area contributed by atoms with E-state index in [1.807, 2.05) is 19.9 Å². The third-order valence-electron chi connectivity index (χ3n) is 15.5. The molecule has 0 spiro atoms. The number of carbonyl (C=O) groups is 1. The monoisotopic (exact) mass is 1190 g/mol. The molecule has 0 radical (unpaired) electrons. The molecule has 0 saturated carbocycles. The predicted molar refractivity (Wildman–Crippen MR) is 274 cm³/mol. The number of rotatable bonds is 23. The topological polar surface area (TPSA) is 441 Å². The molecular formula is C53H88O29. The van der Waals surface area contributed by atoms with Crippen LogP contribution in [0.15, 0.2) is 34.9 Å². The Balaban J connectivity index is 0.926. The lowest BCUT2D eigenvalue weighted by Gasteiger charge is -2.48. The maximum atomic E-state index is 11.8. The van der Waals surface area contributed by atoms with Crippen molar-refractivity contribution in [2.45, 2.75) is 265 Å². The molecule has 6 aliphatic rings. The average Bonchev–Trinajstić information content (AvgIpc) is 2.97. The van der Waals surface area contributed by atoms with E-state index in [2.05, 4.69) is 6.08 Å². The van der Waals surface area contributed by atoms with Crippen LogP contribution in [0, 0.1) is 0 Å². The Morgan fingerprint density at radius 3 is 1.23 bits per heavy atom. The molecule has 30 unspecified atom stereocenters. The normalized spacial score (nSPS) is 46.4. The largest absolute Gasteiger partial charge is 0.454 e. The number of ether oxygens (including phenoxy) is 13. The van der Waals surface area contributed by atoms with Gasteiger partial charge in [-0.1, -0.05) is 34.9 Å². The second kappa shape index (κ2) is 31.0. The van der Waals surface area contributed by atoms with Gasteiger partial charge in [0.1, 0.15) is 116 Å². The Bertz CT molecular complexity index is 2070. The van der Waals surface area contributed by atoms with Gasteiger partial charge < -0.3 is 138 Å². The summed E-state index contributed by atoms with van der Waals surface area (Å²) in [6, 6.07) is 0. The van der Waals surface area contributed by atoms with Crippen LogP contribution in [0.3, 0.4) is 0 Å². The van der Waals surface area contributed by atoms with Gasteiger partial charge in [-0.25, -0.2) is 0 Å². The van der Waals surface area contributed by atoms with E-state index in [4.69, 9.17) is 61.6 Å². The van der Waals surface area contributed by atoms with Gasteiger partial charge >= 0.3 is 5.97 Å². The van der Waals surface area contributed by atoms with Gasteiger partial charge in [-0.15, -0.1) is 0 Å². The zero-order chi connectivity index (χ0) is 60.6. The quantitative estimate of drug-likeness (QED) is 0.0336. The molecule has 0 amide bonds. The van der Waals surface area contributed by atoms with Gasteiger partial charge in [-0.3, -0.25) is 4.79 Å². The van der Waals surface area contributed by atoms with E-state index >= 15 is 0 Å². The van der Waals surface area contributed by atoms with Crippen molar-refractivity contribution in [1.82, 2.24) is 0 Å². The molecule has 15 N–H and O–H groups in total. The van der Waals surface area contributed by atoms with Gasteiger partial charge in [0.25, 0.3) is 0 Å². The number of hydrogen-bond acceptors (Lipinski definition) is 29. The van der Waals surface area contributed by atoms with Gasteiger partial charge in [-0.05, 0) is 74.1 Å². The van der Waals surface area contributed by atoms with E-state index in [1.54, 1.807) is 13.0 Å². The first-order chi connectivity index (χ1) is 38.7. The maximum absolute atomic E-state index is 11.8. The van der Waals surface area contributed by atoms with Crippen LogP contribution in [0.25, 0.3) is 0 Å². The van der Waals surface area contributed by atoms with E-state index in [9.17, 15) is 81.4 Å². The van der Waals surface area contributed by atoms with Crippen molar-refractivity contribution < 1.29 is 143 Å². The van der Waals surface area contributed by atoms with Crippen LogP contribution in [0.2, 0.25) is 0 Å². The Kier molecular flexibility index (Phi) is 26.0. The first kappa shape index (κ1) is 68.7.